The summed E-state index contributed by atoms with van der Waals surface area (Å²) in [7, 11) is 1.61. The summed E-state index contributed by atoms with van der Waals surface area (Å²) in [6.07, 6.45) is 3.29. The van der Waals surface area contributed by atoms with Crippen LogP contribution in [0.5, 0.6) is 11.5 Å². The first kappa shape index (κ1) is 13.4. The van der Waals surface area contributed by atoms with Crippen molar-refractivity contribution in [1.82, 2.24) is 4.90 Å². The standard InChI is InChI=1S/C16H21NO3/c1-19-14-6-4-5-13-15(18)12(7-10-20-16(13)14)11-17-8-2-3-9-17/h4-6,12H,2-3,7-11H2,1H3. The van der Waals surface area contributed by atoms with E-state index in [1.165, 1.54) is 12.8 Å². The number of carbonyl (C=O) groups is 1. The van der Waals surface area contributed by atoms with Gasteiger partial charge in [-0.15, -0.1) is 0 Å². The van der Waals surface area contributed by atoms with Crippen molar-refractivity contribution in [2.75, 3.05) is 33.4 Å². The van der Waals surface area contributed by atoms with Crippen LogP contribution in [0.4, 0.5) is 0 Å². The van der Waals surface area contributed by atoms with E-state index in [-0.39, 0.29) is 11.7 Å². The summed E-state index contributed by atoms with van der Waals surface area (Å²) in [6.45, 7) is 3.68. The molecule has 1 saturated heterocycles. The van der Waals surface area contributed by atoms with E-state index in [2.05, 4.69) is 4.90 Å². The van der Waals surface area contributed by atoms with E-state index < -0.39 is 0 Å². The minimum absolute atomic E-state index is 0.0430. The van der Waals surface area contributed by atoms with Gasteiger partial charge in [-0.2, -0.15) is 0 Å². The largest absolute Gasteiger partial charge is 0.493 e. The molecule has 2 aliphatic rings. The Bertz CT molecular complexity index is 494. The lowest BCUT2D eigenvalue weighted by Crippen LogP contribution is -2.31. The fourth-order valence-electron chi connectivity index (χ4n) is 3.12. The van der Waals surface area contributed by atoms with Gasteiger partial charge in [0.1, 0.15) is 0 Å². The summed E-state index contributed by atoms with van der Waals surface area (Å²) in [4.78, 5) is 15.1. The maximum Gasteiger partial charge on any atom is 0.171 e. The Morgan fingerprint density at radius 1 is 1.35 bits per heavy atom. The molecule has 1 atom stereocenters. The molecule has 4 heteroatoms. The van der Waals surface area contributed by atoms with E-state index in [1.54, 1.807) is 7.11 Å². The first-order valence-corrected chi connectivity index (χ1v) is 7.36. The molecule has 1 aromatic rings. The average Bonchev–Trinajstić information content (AvgIpc) is 2.93. The molecule has 0 saturated carbocycles. The number of ketones is 1. The van der Waals surface area contributed by atoms with Crippen molar-refractivity contribution in [3.63, 3.8) is 0 Å². The van der Waals surface area contributed by atoms with Gasteiger partial charge in [-0.25, -0.2) is 0 Å². The average molecular weight is 275 g/mol. The van der Waals surface area contributed by atoms with Crippen LogP contribution in [0.2, 0.25) is 0 Å². The number of para-hydroxylation sites is 1. The van der Waals surface area contributed by atoms with Gasteiger partial charge in [0.2, 0.25) is 0 Å². The summed E-state index contributed by atoms with van der Waals surface area (Å²) in [5, 5.41) is 0. The molecule has 108 valence electrons. The minimum Gasteiger partial charge on any atom is -0.493 e. The fourth-order valence-corrected chi connectivity index (χ4v) is 3.12. The second-order valence-corrected chi connectivity index (χ2v) is 5.54. The molecule has 0 amide bonds. The van der Waals surface area contributed by atoms with Crippen LogP contribution in [0.25, 0.3) is 0 Å². The highest BCUT2D eigenvalue weighted by Gasteiger charge is 2.30. The molecule has 3 rings (SSSR count). The molecule has 1 fully saturated rings. The smallest absolute Gasteiger partial charge is 0.171 e. The molecule has 0 bridgehead atoms. The Morgan fingerprint density at radius 2 is 2.15 bits per heavy atom. The minimum atomic E-state index is 0.0430. The number of rotatable bonds is 3. The molecule has 0 spiro atoms. The van der Waals surface area contributed by atoms with Crippen LogP contribution in [0.15, 0.2) is 18.2 Å². The van der Waals surface area contributed by atoms with Gasteiger partial charge < -0.3 is 14.4 Å². The highest BCUT2D eigenvalue weighted by atomic mass is 16.5. The van der Waals surface area contributed by atoms with Gasteiger partial charge in [0.05, 0.1) is 19.3 Å². The quantitative estimate of drug-likeness (QED) is 0.849. The number of likely N-dealkylation sites (tertiary alicyclic amines) is 1. The lowest BCUT2D eigenvalue weighted by atomic mass is 9.94. The molecule has 4 nitrogen and oxygen atoms in total. The van der Waals surface area contributed by atoms with Gasteiger partial charge >= 0.3 is 0 Å². The zero-order valence-corrected chi connectivity index (χ0v) is 11.9. The molecule has 2 aliphatic heterocycles. The van der Waals surface area contributed by atoms with Gasteiger partial charge in [-0.3, -0.25) is 4.79 Å². The number of Topliss-reactive ketones (excluding diaryl/α,β-unsaturated/α-hetero) is 1. The van der Waals surface area contributed by atoms with Crippen molar-refractivity contribution in [2.24, 2.45) is 5.92 Å². The van der Waals surface area contributed by atoms with Crippen molar-refractivity contribution in [3.8, 4) is 11.5 Å². The Balaban J connectivity index is 1.83. The summed E-state index contributed by atoms with van der Waals surface area (Å²) >= 11 is 0. The molecular weight excluding hydrogens is 254 g/mol. The molecule has 0 aromatic heterocycles. The first-order chi connectivity index (χ1) is 9.79. The summed E-state index contributed by atoms with van der Waals surface area (Å²) in [5.74, 6) is 1.51. The third-order valence-electron chi connectivity index (χ3n) is 4.23. The van der Waals surface area contributed by atoms with E-state index in [0.717, 1.165) is 26.1 Å². The zero-order chi connectivity index (χ0) is 13.9. The van der Waals surface area contributed by atoms with Crippen LogP contribution >= 0.6 is 0 Å². The number of hydrogen-bond acceptors (Lipinski definition) is 4. The van der Waals surface area contributed by atoms with E-state index >= 15 is 0 Å². The normalized spacial score (nSPS) is 23.1. The predicted octanol–water partition coefficient (Wildman–Crippen LogP) is 2.37. The molecule has 0 aliphatic carbocycles. The number of hydrogen-bond donors (Lipinski definition) is 0. The predicted molar refractivity (Wildman–Crippen MR) is 76.6 cm³/mol. The first-order valence-electron chi connectivity index (χ1n) is 7.36. The lowest BCUT2D eigenvalue weighted by molar-refractivity contribution is 0.0883. The number of ether oxygens (including phenoxy) is 2. The van der Waals surface area contributed by atoms with E-state index in [1.807, 2.05) is 18.2 Å². The maximum absolute atomic E-state index is 12.7. The number of benzene rings is 1. The number of methoxy groups -OCH3 is 1. The Hall–Kier alpha value is -1.55. The molecule has 0 N–H and O–H groups in total. The summed E-state index contributed by atoms with van der Waals surface area (Å²) in [6, 6.07) is 5.55. The third kappa shape index (κ3) is 2.52. The van der Waals surface area contributed by atoms with Gasteiger partial charge in [-0.05, 0) is 44.5 Å². The van der Waals surface area contributed by atoms with Crippen molar-refractivity contribution < 1.29 is 14.3 Å². The second-order valence-electron chi connectivity index (χ2n) is 5.54. The highest BCUT2D eigenvalue weighted by Crippen LogP contribution is 2.35. The topological polar surface area (TPSA) is 38.8 Å². The van der Waals surface area contributed by atoms with Crippen LogP contribution in [0, 0.1) is 5.92 Å². The van der Waals surface area contributed by atoms with Crippen LogP contribution < -0.4 is 9.47 Å². The van der Waals surface area contributed by atoms with Crippen molar-refractivity contribution in [3.05, 3.63) is 23.8 Å². The highest BCUT2D eigenvalue weighted by molar-refractivity contribution is 6.01. The monoisotopic (exact) mass is 275 g/mol. The van der Waals surface area contributed by atoms with Crippen LogP contribution in [0.3, 0.4) is 0 Å². The molecule has 20 heavy (non-hydrogen) atoms. The number of carbonyl (C=O) groups excluding carboxylic acids is 1. The van der Waals surface area contributed by atoms with Crippen molar-refractivity contribution >= 4 is 5.78 Å². The van der Waals surface area contributed by atoms with Crippen LogP contribution in [-0.2, 0) is 0 Å². The lowest BCUT2D eigenvalue weighted by Gasteiger charge is -2.20. The van der Waals surface area contributed by atoms with Gasteiger partial charge in [-0.1, -0.05) is 6.07 Å². The van der Waals surface area contributed by atoms with Gasteiger partial charge in [0.15, 0.2) is 17.3 Å². The molecular formula is C16H21NO3. The molecule has 1 aromatic carbocycles. The molecule has 0 radical (unpaired) electrons. The number of fused-ring (bicyclic) bond motifs is 1. The maximum atomic E-state index is 12.7. The van der Waals surface area contributed by atoms with E-state index in [4.69, 9.17) is 9.47 Å². The summed E-state index contributed by atoms with van der Waals surface area (Å²) in [5.41, 5.74) is 0.672. The zero-order valence-electron chi connectivity index (χ0n) is 11.9. The Labute approximate surface area is 119 Å². The van der Waals surface area contributed by atoms with Gasteiger partial charge in [0.25, 0.3) is 0 Å². The summed E-state index contributed by atoms with van der Waals surface area (Å²) < 4.78 is 11.1. The number of nitrogens with zero attached hydrogens (tertiary/aromatic N) is 1. The second kappa shape index (κ2) is 5.83. The Kier molecular flexibility index (Phi) is 3.92. The van der Waals surface area contributed by atoms with E-state index in [0.29, 0.717) is 23.7 Å². The van der Waals surface area contributed by atoms with E-state index in [9.17, 15) is 4.79 Å². The SMILES string of the molecule is COc1cccc2c1OCCC(CN1CCCC1)C2=O. The van der Waals surface area contributed by atoms with Crippen LogP contribution in [0.1, 0.15) is 29.6 Å². The Morgan fingerprint density at radius 3 is 2.90 bits per heavy atom. The van der Waals surface area contributed by atoms with Crippen molar-refractivity contribution in [1.29, 1.82) is 0 Å². The van der Waals surface area contributed by atoms with Crippen molar-refractivity contribution in [2.45, 2.75) is 19.3 Å². The van der Waals surface area contributed by atoms with Gasteiger partial charge in [0, 0.05) is 12.5 Å². The molecule has 1 unspecified atom stereocenters. The third-order valence-corrected chi connectivity index (χ3v) is 4.23. The fraction of sp³-hybridized carbons (Fsp3) is 0.562. The molecule has 2 heterocycles. The van der Waals surface area contributed by atoms with Crippen LogP contribution in [-0.4, -0.2) is 44.0 Å².